The van der Waals surface area contributed by atoms with E-state index in [1.165, 1.54) is 30.3 Å². The summed E-state index contributed by atoms with van der Waals surface area (Å²) in [4.78, 5) is 39.6. The van der Waals surface area contributed by atoms with Crippen molar-refractivity contribution in [2.24, 2.45) is 0 Å². The van der Waals surface area contributed by atoms with Gasteiger partial charge in [-0.15, -0.1) is 0 Å². The minimum absolute atomic E-state index is 0.0909. The number of amides is 1. The molecule has 1 aliphatic heterocycles. The fourth-order valence-corrected chi connectivity index (χ4v) is 3.36. The summed E-state index contributed by atoms with van der Waals surface area (Å²) in [6, 6.07) is 7.54. The van der Waals surface area contributed by atoms with E-state index in [1.54, 1.807) is 0 Å². The number of hydrogen-bond donors (Lipinski definition) is 3. The van der Waals surface area contributed by atoms with Gasteiger partial charge in [0.05, 0.1) is 22.7 Å². The molecule has 0 aromatic heterocycles. The van der Waals surface area contributed by atoms with Crippen LogP contribution >= 0.6 is 0 Å². The number of ketones is 1. The third kappa shape index (κ3) is 3.56. The number of phenols is 2. The zero-order valence-corrected chi connectivity index (χ0v) is 15.9. The molecule has 158 valence electrons. The Morgan fingerprint density at radius 2 is 1.97 bits per heavy atom. The van der Waals surface area contributed by atoms with Crippen LogP contribution in [0.25, 0.3) is 0 Å². The predicted molar refractivity (Wildman–Crippen MR) is 98.8 cm³/mol. The lowest BCUT2D eigenvalue weighted by Crippen LogP contribution is -2.48. The van der Waals surface area contributed by atoms with Crippen LogP contribution in [-0.4, -0.2) is 44.0 Å². The van der Waals surface area contributed by atoms with Gasteiger partial charge in [-0.1, -0.05) is 12.1 Å². The maximum Gasteiger partial charge on any atom is 0.313 e. The van der Waals surface area contributed by atoms with Crippen molar-refractivity contribution in [1.82, 2.24) is 5.06 Å². The van der Waals surface area contributed by atoms with Crippen LogP contribution in [0.5, 0.6) is 11.5 Å². The van der Waals surface area contributed by atoms with Gasteiger partial charge in [-0.25, -0.2) is 9.90 Å². The molecule has 11 nitrogen and oxygen atoms in total. The molecule has 0 bridgehead atoms. The molecule has 1 amide bonds. The van der Waals surface area contributed by atoms with Crippen molar-refractivity contribution in [3.8, 4) is 11.5 Å². The summed E-state index contributed by atoms with van der Waals surface area (Å²) in [6.45, 7) is 0.747. The van der Waals surface area contributed by atoms with E-state index in [9.17, 15) is 35.0 Å². The van der Waals surface area contributed by atoms with Gasteiger partial charge in [-0.2, -0.15) is 0 Å². The number of para-hydroxylation sites is 1. The van der Waals surface area contributed by atoms with E-state index < -0.39 is 39.9 Å². The molecule has 1 heterocycles. The normalized spacial score (nSPS) is 20.3. The summed E-state index contributed by atoms with van der Waals surface area (Å²) in [5, 5.41) is 43.6. The topological polar surface area (TPSA) is 160 Å². The predicted octanol–water partition coefficient (Wildman–Crippen LogP) is 1.40. The van der Waals surface area contributed by atoms with Gasteiger partial charge in [0.2, 0.25) is 5.78 Å². The van der Waals surface area contributed by atoms with Gasteiger partial charge < -0.3 is 20.1 Å². The van der Waals surface area contributed by atoms with Gasteiger partial charge in [0.25, 0.3) is 11.5 Å². The van der Waals surface area contributed by atoms with Crippen molar-refractivity contribution in [3.05, 3.63) is 63.2 Å². The molecule has 2 aromatic rings. The fourth-order valence-electron chi connectivity index (χ4n) is 3.36. The largest absolute Gasteiger partial charge is 0.508 e. The number of ether oxygens (including phenoxy) is 1. The number of fused-ring (bicyclic) bond motifs is 1. The number of hydrogen-bond acceptors (Lipinski definition) is 9. The van der Waals surface area contributed by atoms with Crippen molar-refractivity contribution < 1.29 is 39.4 Å². The number of nitro benzene ring substituents is 1. The van der Waals surface area contributed by atoms with Gasteiger partial charge in [-0.05, 0) is 17.7 Å². The van der Waals surface area contributed by atoms with Gasteiger partial charge >= 0.3 is 5.91 Å². The van der Waals surface area contributed by atoms with E-state index in [0.717, 1.165) is 20.0 Å². The van der Waals surface area contributed by atoms with Crippen LogP contribution in [0.1, 0.15) is 29.7 Å². The van der Waals surface area contributed by atoms with Crippen molar-refractivity contribution in [3.63, 3.8) is 0 Å². The van der Waals surface area contributed by atoms with Crippen LogP contribution in [0.15, 0.2) is 36.4 Å². The molecule has 1 aliphatic rings. The number of carbonyl (C=O) groups excluding carboxylic acids is 2. The second kappa shape index (κ2) is 7.71. The molecular weight excluding hydrogens is 400 g/mol. The molecular formula is C19H18N2O9. The minimum Gasteiger partial charge on any atom is -0.508 e. The van der Waals surface area contributed by atoms with E-state index in [0.29, 0.717) is 5.06 Å². The lowest BCUT2D eigenvalue weighted by Gasteiger charge is -2.41. The highest BCUT2D eigenvalue weighted by atomic mass is 16.8. The average Bonchev–Trinajstić information content (AvgIpc) is 2.66. The van der Waals surface area contributed by atoms with Crippen LogP contribution in [0.3, 0.4) is 0 Å². The summed E-state index contributed by atoms with van der Waals surface area (Å²) in [5.74, 6) is -5.58. The molecule has 2 atom stereocenters. The van der Waals surface area contributed by atoms with Gasteiger partial charge in [0.1, 0.15) is 11.5 Å². The highest BCUT2D eigenvalue weighted by molar-refractivity contribution is 6.34. The third-order valence-electron chi connectivity index (χ3n) is 4.58. The summed E-state index contributed by atoms with van der Waals surface area (Å²) in [6.07, 6.45) is -1.57. The van der Waals surface area contributed by atoms with Crippen molar-refractivity contribution in [2.75, 3.05) is 7.05 Å². The fraction of sp³-hybridized carbons (Fsp3) is 0.263. The molecule has 0 radical (unpaired) electrons. The standard InChI is InChI=1S/C19H18N2O9/c1-10(22)18(25)20(2)30-19(26)16-11(7-12(23)8-15(16)24)9-29-17(19)13-5-3-4-6-14(13)21(27)28/h3-8,17,23-24,26H,9H2,1-2H3. The number of likely N-dealkylation sites (N-methyl/N-ethyl adjacent to an activating group) is 1. The van der Waals surface area contributed by atoms with E-state index >= 15 is 0 Å². The Kier molecular flexibility index (Phi) is 5.44. The Morgan fingerprint density at radius 3 is 2.60 bits per heavy atom. The Balaban J connectivity index is 2.21. The van der Waals surface area contributed by atoms with Crippen molar-refractivity contribution in [1.29, 1.82) is 0 Å². The number of carbonyl (C=O) groups is 2. The van der Waals surface area contributed by atoms with Gasteiger partial charge in [-0.3, -0.25) is 19.7 Å². The number of nitrogens with zero attached hydrogens (tertiary/aromatic N) is 2. The van der Waals surface area contributed by atoms with E-state index in [1.807, 2.05) is 0 Å². The minimum atomic E-state index is -2.66. The summed E-state index contributed by atoms with van der Waals surface area (Å²) >= 11 is 0. The quantitative estimate of drug-likeness (QED) is 0.282. The Morgan fingerprint density at radius 1 is 1.30 bits per heavy atom. The molecule has 11 heteroatoms. The number of rotatable bonds is 5. The maximum atomic E-state index is 12.0. The first kappa shape index (κ1) is 21.2. The Bertz CT molecular complexity index is 1040. The number of benzene rings is 2. The average molecular weight is 418 g/mol. The molecule has 2 aromatic carbocycles. The number of aromatic hydroxyl groups is 2. The Labute approximate surface area is 169 Å². The van der Waals surface area contributed by atoms with Crippen LogP contribution in [0.2, 0.25) is 0 Å². The number of nitro groups is 1. The second-order valence-corrected chi connectivity index (χ2v) is 6.65. The lowest BCUT2D eigenvalue weighted by molar-refractivity contribution is -0.392. The van der Waals surface area contributed by atoms with E-state index in [-0.39, 0.29) is 29.0 Å². The van der Waals surface area contributed by atoms with Crippen LogP contribution in [-0.2, 0) is 31.6 Å². The number of phenolic OH excluding ortho intramolecular Hbond substituents is 2. The molecule has 0 saturated heterocycles. The number of Topliss-reactive ketones (excluding diaryl/α,β-unsaturated/α-hetero) is 1. The zero-order valence-electron chi connectivity index (χ0n) is 15.9. The Hall–Kier alpha value is -3.54. The van der Waals surface area contributed by atoms with E-state index in [4.69, 9.17) is 9.57 Å². The summed E-state index contributed by atoms with van der Waals surface area (Å²) in [5.41, 5.74) is -0.634. The SMILES string of the molecule is CC(=O)C(=O)N(C)OC1(O)c2c(O)cc(O)cc2COC1c1ccccc1[N+](=O)[O-]. The van der Waals surface area contributed by atoms with Crippen LogP contribution < -0.4 is 0 Å². The molecule has 2 unspecified atom stereocenters. The molecule has 0 saturated carbocycles. The second-order valence-electron chi connectivity index (χ2n) is 6.65. The monoisotopic (exact) mass is 418 g/mol. The highest BCUT2D eigenvalue weighted by Crippen LogP contribution is 2.50. The molecule has 3 N–H and O–H groups in total. The van der Waals surface area contributed by atoms with Gasteiger partial charge in [0, 0.05) is 26.1 Å². The van der Waals surface area contributed by atoms with Crippen LogP contribution in [0.4, 0.5) is 5.69 Å². The molecule has 0 aliphatic carbocycles. The smallest absolute Gasteiger partial charge is 0.313 e. The summed E-state index contributed by atoms with van der Waals surface area (Å²) < 4.78 is 5.62. The maximum absolute atomic E-state index is 12.0. The number of hydroxylamine groups is 2. The first-order chi connectivity index (χ1) is 14.1. The lowest BCUT2D eigenvalue weighted by atomic mass is 9.87. The summed E-state index contributed by atoms with van der Waals surface area (Å²) in [7, 11) is 1.06. The van der Waals surface area contributed by atoms with Crippen molar-refractivity contribution in [2.45, 2.75) is 25.4 Å². The highest BCUT2D eigenvalue weighted by Gasteiger charge is 2.52. The van der Waals surface area contributed by atoms with Crippen LogP contribution in [0, 0.1) is 10.1 Å². The first-order valence-electron chi connectivity index (χ1n) is 8.66. The number of aliphatic hydroxyl groups is 1. The first-order valence-corrected chi connectivity index (χ1v) is 8.66. The third-order valence-corrected chi connectivity index (χ3v) is 4.58. The van der Waals surface area contributed by atoms with Gasteiger partial charge in [0.15, 0.2) is 6.10 Å². The molecule has 0 fully saturated rings. The molecule has 3 rings (SSSR count). The molecule has 0 spiro atoms. The van der Waals surface area contributed by atoms with Crippen molar-refractivity contribution >= 4 is 17.4 Å². The molecule has 30 heavy (non-hydrogen) atoms. The van der Waals surface area contributed by atoms with E-state index in [2.05, 4.69) is 0 Å². The zero-order chi connectivity index (χ0) is 22.2.